The van der Waals surface area contributed by atoms with Gasteiger partial charge in [-0.1, -0.05) is 39.0 Å². The van der Waals surface area contributed by atoms with Gasteiger partial charge in [0.1, 0.15) is 5.01 Å². The van der Waals surface area contributed by atoms with E-state index in [1.54, 1.807) is 11.3 Å². The summed E-state index contributed by atoms with van der Waals surface area (Å²) in [4.78, 5) is 8.40. The van der Waals surface area contributed by atoms with Gasteiger partial charge in [-0.05, 0) is 11.8 Å². The molecule has 1 aliphatic rings. The molecule has 3 rings (SSSR count). The first kappa shape index (κ1) is 14.0. The highest BCUT2D eigenvalue weighted by molar-refractivity contribution is 7.16. The second-order valence-corrected chi connectivity index (χ2v) is 7.71. The number of imidazole rings is 1. The fourth-order valence-electron chi connectivity index (χ4n) is 2.89. The molecule has 0 radical (unpaired) electrons. The van der Waals surface area contributed by atoms with Gasteiger partial charge in [-0.25, -0.2) is 9.50 Å². The summed E-state index contributed by atoms with van der Waals surface area (Å²) in [5, 5.41) is 6.00. The average Bonchev–Trinajstić information content (AvgIpc) is 2.85. The molecule has 3 heterocycles. The summed E-state index contributed by atoms with van der Waals surface area (Å²) in [7, 11) is 0. The second kappa shape index (κ2) is 5.45. The number of hydrogen-bond donors (Lipinski definition) is 0. The topological polar surface area (TPSA) is 33.4 Å². The van der Waals surface area contributed by atoms with Gasteiger partial charge in [-0.15, -0.1) is 0 Å². The maximum atomic E-state index is 4.79. The molecule has 0 saturated heterocycles. The minimum atomic E-state index is 0.652. The molecule has 0 aliphatic carbocycles. The Morgan fingerprint density at radius 1 is 1.20 bits per heavy atom. The molecule has 0 aromatic carbocycles. The molecule has 0 atom stereocenters. The van der Waals surface area contributed by atoms with E-state index in [0.717, 1.165) is 37.4 Å². The summed E-state index contributed by atoms with van der Waals surface area (Å²) in [6.45, 7) is 12.3. The van der Waals surface area contributed by atoms with Crippen LogP contribution in [0, 0.1) is 11.8 Å². The SMILES string of the molecule is CC(C)Cc1nn2c3c(nc2s1)CCN(CC(C)C)C3. The van der Waals surface area contributed by atoms with Crippen LogP contribution in [0.4, 0.5) is 0 Å². The largest absolute Gasteiger partial charge is 0.297 e. The highest BCUT2D eigenvalue weighted by Crippen LogP contribution is 2.25. The zero-order chi connectivity index (χ0) is 14.3. The zero-order valence-electron chi connectivity index (χ0n) is 12.9. The van der Waals surface area contributed by atoms with Crippen LogP contribution in [0.5, 0.6) is 0 Å². The van der Waals surface area contributed by atoms with E-state index in [9.17, 15) is 0 Å². The Bertz CT molecular complexity index is 596. The van der Waals surface area contributed by atoms with Gasteiger partial charge in [-0.3, -0.25) is 4.90 Å². The summed E-state index contributed by atoms with van der Waals surface area (Å²) in [6, 6.07) is 0. The van der Waals surface area contributed by atoms with Gasteiger partial charge < -0.3 is 0 Å². The number of nitrogens with zero attached hydrogens (tertiary/aromatic N) is 4. The molecular formula is C15H24N4S. The van der Waals surface area contributed by atoms with Crippen LogP contribution in [0.1, 0.15) is 44.1 Å². The zero-order valence-corrected chi connectivity index (χ0v) is 13.7. The van der Waals surface area contributed by atoms with Crippen LogP contribution in [0.2, 0.25) is 0 Å². The normalized spacial score (nSPS) is 16.5. The minimum absolute atomic E-state index is 0.652. The molecule has 2 aromatic rings. The Labute approximate surface area is 124 Å². The first-order valence-electron chi connectivity index (χ1n) is 7.61. The van der Waals surface area contributed by atoms with Gasteiger partial charge in [0.2, 0.25) is 4.96 Å². The van der Waals surface area contributed by atoms with Crippen LogP contribution in [0.15, 0.2) is 0 Å². The molecule has 0 spiro atoms. The van der Waals surface area contributed by atoms with Crippen LogP contribution in [-0.4, -0.2) is 32.6 Å². The molecule has 0 amide bonds. The van der Waals surface area contributed by atoms with Crippen molar-refractivity contribution >= 4 is 16.3 Å². The van der Waals surface area contributed by atoms with E-state index in [1.165, 1.54) is 16.4 Å². The van der Waals surface area contributed by atoms with Gasteiger partial charge in [0.05, 0.1) is 11.4 Å². The number of hydrogen-bond acceptors (Lipinski definition) is 4. The summed E-state index contributed by atoms with van der Waals surface area (Å²) < 4.78 is 2.10. The van der Waals surface area contributed by atoms with Crippen molar-refractivity contribution in [1.82, 2.24) is 19.5 Å². The molecule has 1 aliphatic heterocycles. The molecular weight excluding hydrogens is 268 g/mol. The van der Waals surface area contributed by atoms with Gasteiger partial charge in [0.15, 0.2) is 0 Å². The van der Waals surface area contributed by atoms with E-state index < -0.39 is 0 Å². The molecule has 20 heavy (non-hydrogen) atoms. The van der Waals surface area contributed by atoms with Crippen molar-refractivity contribution < 1.29 is 0 Å². The lowest BCUT2D eigenvalue weighted by Crippen LogP contribution is -2.34. The fraction of sp³-hybridized carbons (Fsp3) is 0.733. The van der Waals surface area contributed by atoms with Crippen LogP contribution >= 0.6 is 11.3 Å². The molecule has 2 aromatic heterocycles. The Morgan fingerprint density at radius 2 is 2.00 bits per heavy atom. The Morgan fingerprint density at radius 3 is 2.70 bits per heavy atom. The average molecular weight is 292 g/mol. The van der Waals surface area contributed by atoms with E-state index in [4.69, 9.17) is 10.1 Å². The van der Waals surface area contributed by atoms with Crippen molar-refractivity contribution in [3.8, 4) is 0 Å². The molecule has 0 bridgehead atoms. The molecule has 110 valence electrons. The quantitative estimate of drug-likeness (QED) is 0.868. The number of aromatic nitrogens is 3. The maximum absolute atomic E-state index is 4.79. The number of fused-ring (bicyclic) bond motifs is 3. The molecule has 0 fully saturated rings. The van der Waals surface area contributed by atoms with Crippen molar-refractivity contribution in [2.45, 2.75) is 47.1 Å². The van der Waals surface area contributed by atoms with E-state index in [2.05, 4.69) is 37.1 Å². The summed E-state index contributed by atoms with van der Waals surface area (Å²) in [6.07, 6.45) is 2.12. The lowest BCUT2D eigenvalue weighted by Gasteiger charge is -2.27. The third-order valence-corrected chi connectivity index (χ3v) is 4.60. The third-order valence-electron chi connectivity index (χ3n) is 3.67. The predicted octanol–water partition coefficient (Wildman–Crippen LogP) is 3.00. The second-order valence-electron chi connectivity index (χ2n) is 6.67. The van der Waals surface area contributed by atoms with E-state index in [0.29, 0.717) is 11.8 Å². The van der Waals surface area contributed by atoms with Crippen molar-refractivity contribution in [3.05, 3.63) is 16.4 Å². The maximum Gasteiger partial charge on any atom is 0.212 e. The highest BCUT2D eigenvalue weighted by Gasteiger charge is 2.24. The van der Waals surface area contributed by atoms with Gasteiger partial charge >= 0.3 is 0 Å². The van der Waals surface area contributed by atoms with Crippen molar-refractivity contribution in [3.63, 3.8) is 0 Å². The van der Waals surface area contributed by atoms with Crippen LogP contribution in [-0.2, 0) is 19.4 Å². The first-order chi connectivity index (χ1) is 9.52. The van der Waals surface area contributed by atoms with Crippen LogP contribution in [0.25, 0.3) is 4.96 Å². The molecule has 0 unspecified atom stereocenters. The van der Waals surface area contributed by atoms with E-state index in [-0.39, 0.29) is 0 Å². The molecule has 4 nitrogen and oxygen atoms in total. The fourth-order valence-corrected chi connectivity index (χ4v) is 4.03. The number of rotatable bonds is 4. The van der Waals surface area contributed by atoms with E-state index >= 15 is 0 Å². The minimum Gasteiger partial charge on any atom is -0.297 e. The van der Waals surface area contributed by atoms with Gasteiger partial charge in [0, 0.05) is 32.5 Å². The van der Waals surface area contributed by atoms with Crippen molar-refractivity contribution in [2.24, 2.45) is 11.8 Å². The van der Waals surface area contributed by atoms with Gasteiger partial charge in [-0.2, -0.15) is 5.10 Å². The van der Waals surface area contributed by atoms with E-state index in [1.807, 2.05) is 0 Å². The Hall–Kier alpha value is -0.940. The lowest BCUT2D eigenvalue weighted by atomic mass is 10.1. The monoisotopic (exact) mass is 292 g/mol. The van der Waals surface area contributed by atoms with Crippen molar-refractivity contribution in [2.75, 3.05) is 13.1 Å². The Balaban J connectivity index is 1.86. The third kappa shape index (κ3) is 2.74. The van der Waals surface area contributed by atoms with Gasteiger partial charge in [0.25, 0.3) is 0 Å². The summed E-state index contributed by atoms with van der Waals surface area (Å²) in [5.74, 6) is 1.37. The van der Waals surface area contributed by atoms with Crippen LogP contribution in [0.3, 0.4) is 0 Å². The standard InChI is InChI=1S/C15H24N4S/c1-10(2)7-14-17-19-13-9-18(8-11(3)4)6-5-12(13)16-15(19)20-14/h10-11H,5-9H2,1-4H3. The predicted molar refractivity (Wildman–Crippen MR) is 83.2 cm³/mol. The smallest absolute Gasteiger partial charge is 0.212 e. The first-order valence-corrected chi connectivity index (χ1v) is 8.43. The summed E-state index contributed by atoms with van der Waals surface area (Å²) >= 11 is 1.76. The molecule has 0 N–H and O–H groups in total. The molecule has 0 saturated carbocycles. The Kier molecular flexibility index (Phi) is 3.82. The lowest BCUT2D eigenvalue weighted by molar-refractivity contribution is 0.221. The van der Waals surface area contributed by atoms with Crippen molar-refractivity contribution in [1.29, 1.82) is 0 Å². The highest BCUT2D eigenvalue weighted by atomic mass is 32.1. The molecule has 5 heteroatoms. The van der Waals surface area contributed by atoms with Crippen LogP contribution < -0.4 is 0 Å². The summed E-state index contributed by atoms with van der Waals surface area (Å²) in [5.41, 5.74) is 2.58.